The van der Waals surface area contributed by atoms with Crippen LogP contribution in [-0.4, -0.2) is 87.8 Å². The highest BCUT2D eigenvalue weighted by Gasteiger charge is 2.28. The Hall–Kier alpha value is -2.04. The van der Waals surface area contributed by atoms with Crippen molar-refractivity contribution in [1.29, 1.82) is 0 Å². The Morgan fingerprint density at radius 1 is 1.18 bits per heavy atom. The van der Waals surface area contributed by atoms with Crippen molar-refractivity contribution in [2.45, 2.75) is 24.3 Å². The molecule has 1 aliphatic rings. The fourth-order valence-corrected chi connectivity index (χ4v) is 4.24. The maximum atomic E-state index is 13.8. The van der Waals surface area contributed by atoms with Gasteiger partial charge in [-0.3, -0.25) is 14.5 Å². The molecule has 156 valence electrons. The summed E-state index contributed by atoms with van der Waals surface area (Å²) < 4.78 is 40.8. The Balaban J connectivity index is 1.98. The van der Waals surface area contributed by atoms with Crippen molar-refractivity contribution in [3.05, 3.63) is 30.1 Å². The Morgan fingerprint density at radius 2 is 1.86 bits per heavy atom. The molecule has 1 heterocycles. The van der Waals surface area contributed by atoms with Crippen molar-refractivity contribution >= 4 is 21.8 Å². The van der Waals surface area contributed by atoms with Crippen molar-refractivity contribution in [1.82, 2.24) is 19.4 Å². The van der Waals surface area contributed by atoms with Gasteiger partial charge in [-0.2, -0.15) is 4.72 Å². The number of nitrogens with zero attached hydrogens (tertiary/aromatic N) is 3. The van der Waals surface area contributed by atoms with E-state index in [1.165, 1.54) is 24.0 Å². The van der Waals surface area contributed by atoms with Crippen LogP contribution in [0.3, 0.4) is 0 Å². The van der Waals surface area contributed by atoms with Gasteiger partial charge in [0.15, 0.2) is 0 Å². The third kappa shape index (κ3) is 5.73. The predicted molar refractivity (Wildman–Crippen MR) is 103 cm³/mol. The Bertz CT molecular complexity index is 816. The van der Waals surface area contributed by atoms with Crippen LogP contribution >= 0.6 is 0 Å². The number of likely N-dealkylation sites (N-methyl/N-ethyl adjacent to an activating group) is 1. The van der Waals surface area contributed by atoms with Crippen LogP contribution in [0.2, 0.25) is 0 Å². The fourth-order valence-electron chi connectivity index (χ4n) is 2.97. The molecule has 8 nitrogen and oxygen atoms in total. The van der Waals surface area contributed by atoms with Crippen LogP contribution in [0.4, 0.5) is 4.39 Å². The lowest BCUT2D eigenvalue weighted by atomic mass is 10.3. The van der Waals surface area contributed by atoms with Crippen LogP contribution in [0.5, 0.6) is 0 Å². The second-order valence-electron chi connectivity index (χ2n) is 7.02. The molecule has 0 aliphatic carbocycles. The van der Waals surface area contributed by atoms with Crippen molar-refractivity contribution in [3.8, 4) is 0 Å². The topological polar surface area (TPSA) is 90.0 Å². The van der Waals surface area contributed by atoms with Crippen LogP contribution in [0.1, 0.15) is 13.3 Å². The summed E-state index contributed by atoms with van der Waals surface area (Å²) in [7, 11) is -0.765. The van der Waals surface area contributed by atoms with E-state index in [0.717, 1.165) is 12.1 Å². The first-order valence-electron chi connectivity index (χ1n) is 9.10. The zero-order chi connectivity index (χ0) is 20.9. The molecule has 1 aromatic carbocycles. The van der Waals surface area contributed by atoms with Gasteiger partial charge in [-0.05, 0) is 25.5 Å². The van der Waals surface area contributed by atoms with Crippen molar-refractivity contribution in [2.75, 3.05) is 46.8 Å². The molecular weight excluding hydrogens is 387 g/mol. The minimum absolute atomic E-state index is 0.00853. The van der Waals surface area contributed by atoms with Crippen LogP contribution in [0.15, 0.2) is 29.2 Å². The van der Waals surface area contributed by atoms with E-state index in [4.69, 9.17) is 0 Å². The summed E-state index contributed by atoms with van der Waals surface area (Å²) in [5.41, 5.74) is 0. The molecule has 0 aromatic heterocycles. The van der Waals surface area contributed by atoms with Crippen molar-refractivity contribution in [3.63, 3.8) is 0 Å². The zero-order valence-corrected chi connectivity index (χ0v) is 17.2. The standard InChI is InChI=1S/C18H27FN4O4S/c1-14(20-28(26,27)16-8-5-4-7-15(16)19)18(25)23-10-6-9-22(11-12-23)13-17(24)21(2)3/h4-5,7-8,14,20H,6,9-13H2,1-3H3/t14-/m0/s1. The van der Waals surface area contributed by atoms with E-state index in [1.807, 2.05) is 4.90 Å². The lowest BCUT2D eigenvalue weighted by molar-refractivity contribution is -0.132. The Labute approximate surface area is 165 Å². The highest BCUT2D eigenvalue weighted by atomic mass is 32.2. The number of hydrogen-bond acceptors (Lipinski definition) is 5. The molecule has 1 aliphatic heterocycles. The second kappa shape index (κ2) is 9.44. The van der Waals surface area contributed by atoms with Gasteiger partial charge in [-0.1, -0.05) is 12.1 Å². The minimum atomic E-state index is -4.15. The molecule has 28 heavy (non-hydrogen) atoms. The molecule has 0 saturated carbocycles. The van der Waals surface area contributed by atoms with Gasteiger partial charge in [-0.15, -0.1) is 0 Å². The van der Waals surface area contributed by atoms with Gasteiger partial charge in [0.1, 0.15) is 10.7 Å². The maximum Gasteiger partial charge on any atom is 0.244 e. The minimum Gasteiger partial charge on any atom is -0.348 e. The van der Waals surface area contributed by atoms with E-state index in [1.54, 1.807) is 19.0 Å². The summed E-state index contributed by atoms with van der Waals surface area (Å²) in [6.07, 6.45) is 0.680. The van der Waals surface area contributed by atoms with Gasteiger partial charge >= 0.3 is 0 Å². The molecule has 0 spiro atoms. The third-order valence-electron chi connectivity index (χ3n) is 4.59. The SMILES string of the molecule is C[C@H](NS(=O)(=O)c1ccccc1F)C(=O)N1CCCN(CC(=O)N(C)C)CC1. The normalized spacial score (nSPS) is 17.1. The molecule has 1 atom stereocenters. The van der Waals surface area contributed by atoms with E-state index >= 15 is 0 Å². The van der Waals surface area contributed by atoms with Gasteiger partial charge in [0.05, 0.1) is 12.6 Å². The predicted octanol–water partition coefficient (Wildman–Crippen LogP) is 0.115. The number of carbonyl (C=O) groups excluding carboxylic acids is 2. The van der Waals surface area contributed by atoms with Gasteiger partial charge in [0, 0.05) is 40.3 Å². The molecule has 2 rings (SSSR count). The maximum absolute atomic E-state index is 13.8. The summed E-state index contributed by atoms with van der Waals surface area (Å²) >= 11 is 0. The summed E-state index contributed by atoms with van der Waals surface area (Å²) in [5, 5.41) is 0. The van der Waals surface area contributed by atoms with Crippen LogP contribution < -0.4 is 4.72 Å². The molecular formula is C18H27FN4O4S. The van der Waals surface area contributed by atoms with Crippen LogP contribution in [0.25, 0.3) is 0 Å². The molecule has 1 saturated heterocycles. The number of halogens is 1. The Kier molecular flexibility index (Phi) is 7.50. The molecule has 1 N–H and O–H groups in total. The van der Waals surface area contributed by atoms with Gasteiger partial charge < -0.3 is 9.80 Å². The van der Waals surface area contributed by atoms with Gasteiger partial charge in [0.25, 0.3) is 0 Å². The fraction of sp³-hybridized carbons (Fsp3) is 0.556. The average molecular weight is 415 g/mol. The van der Waals surface area contributed by atoms with E-state index in [0.29, 0.717) is 32.6 Å². The molecule has 0 radical (unpaired) electrons. The monoisotopic (exact) mass is 414 g/mol. The van der Waals surface area contributed by atoms with Gasteiger partial charge in [-0.25, -0.2) is 12.8 Å². The molecule has 0 unspecified atom stereocenters. The molecule has 1 aromatic rings. The van der Waals surface area contributed by atoms with E-state index in [2.05, 4.69) is 4.72 Å². The van der Waals surface area contributed by atoms with E-state index in [-0.39, 0.29) is 18.4 Å². The van der Waals surface area contributed by atoms with E-state index in [9.17, 15) is 22.4 Å². The smallest absolute Gasteiger partial charge is 0.244 e. The number of sulfonamides is 1. The highest BCUT2D eigenvalue weighted by molar-refractivity contribution is 7.89. The quantitative estimate of drug-likeness (QED) is 0.714. The lowest BCUT2D eigenvalue weighted by Crippen LogP contribution is -2.48. The number of amides is 2. The summed E-state index contributed by atoms with van der Waals surface area (Å²) in [6, 6.07) is 4.00. The number of benzene rings is 1. The number of hydrogen-bond donors (Lipinski definition) is 1. The highest BCUT2D eigenvalue weighted by Crippen LogP contribution is 2.14. The van der Waals surface area contributed by atoms with Crippen LogP contribution in [0, 0.1) is 5.82 Å². The number of nitrogens with one attached hydrogen (secondary N) is 1. The first kappa shape index (κ1) is 22.3. The largest absolute Gasteiger partial charge is 0.348 e. The third-order valence-corrected chi connectivity index (χ3v) is 6.16. The Morgan fingerprint density at radius 3 is 2.50 bits per heavy atom. The average Bonchev–Trinajstić information content (AvgIpc) is 2.86. The van der Waals surface area contributed by atoms with Crippen molar-refractivity contribution < 1.29 is 22.4 Å². The lowest BCUT2D eigenvalue weighted by Gasteiger charge is -2.25. The van der Waals surface area contributed by atoms with Crippen LogP contribution in [-0.2, 0) is 19.6 Å². The summed E-state index contributed by atoms with van der Waals surface area (Å²) in [5.74, 6) is -1.25. The van der Waals surface area contributed by atoms with E-state index < -0.39 is 26.8 Å². The number of carbonyl (C=O) groups is 2. The number of rotatable bonds is 6. The summed E-state index contributed by atoms with van der Waals surface area (Å²) in [6.45, 7) is 3.79. The van der Waals surface area contributed by atoms with Crippen molar-refractivity contribution in [2.24, 2.45) is 0 Å². The first-order chi connectivity index (χ1) is 13.1. The zero-order valence-electron chi connectivity index (χ0n) is 16.4. The molecule has 0 bridgehead atoms. The van der Waals surface area contributed by atoms with Gasteiger partial charge in [0.2, 0.25) is 21.8 Å². The summed E-state index contributed by atoms with van der Waals surface area (Å²) in [4.78, 5) is 29.1. The molecule has 1 fully saturated rings. The first-order valence-corrected chi connectivity index (χ1v) is 10.6. The molecule has 10 heteroatoms. The second-order valence-corrected chi connectivity index (χ2v) is 8.70. The molecule has 2 amide bonds.